The highest BCUT2D eigenvalue weighted by Gasteiger charge is 2.15. The smallest absolute Gasteiger partial charge is 0.314 e. The molecule has 1 fully saturated rings. The molecule has 0 radical (unpaired) electrons. The van der Waals surface area contributed by atoms with Crippen molar-refractivity contribution >= 4 is 6.03 Å². The van der Waals surface area contributed by atoms with E-state index in [2.05, 4.69) is 29.4 Å². The minimum Gasteiger partial charge on any atom is -0.338 e. The van der Waals surface area contributed by atoms with Crippen molar-refractivity contribution in [3.8, 4) is 0 Å². The third-order valence-corrected chi connectivity index (χ3v) is 3.21. The fraction of sp³-hybridized carbons (Fsp3) is 0.923. The van der Waals surface area contributed by atoms with E-state index in [1.807, 2.05) is 0 Å². The van der Waals surface area contributed by atoms with Crippen molar-refractivity contribution in [2.45, 2.75) is 39.5 Å². The summed E-state index contributed by atoms with van der Waals surface area (Å²) in [5.74, 6) is 0.838. The quantitative estimate of drug-likeness (QED) is 0.697. The first-order chi connectivity index (χ1) is 8.22. The molecule has 2 N–H and O–H groups in total. The highest BCUT2D eigenvalue weighted by Crippen LogP contribution is 2.15. The fourth-order valence-corrected chi connectivity index (χ4v) is 2.30. The van der Waals surface area contributed by atoms with Gasteiger partial charge in [-0.2, -0.15) is 0 Å². The number of piperidine rings is 1. The van der Waals surface area contributed by atoms with Gasteiger partial charge in [0, 0.05) is 19.6 Å². The zero-order chi connectivity index (χ0) is 12.5. The Balaban J connectivity index is 1.98. The van der Waals surface area contributed by atoms with Crippen molar-refractivity contribution in [1.29, 1.82) is 0 Å². The van der Waals surface area contributed by atoms with E-state index in [0.29, 0.717) is 0 Å². The van der Waals surface area contributed by atoms with Gasteiger partial charge in [0.25, 0.3) is 0 Å². The molecular weight excluding hydrogens is 214 g/mol. The van der Waals surface area contributed by atoms with E-state index in [1.165, 1.54) is 25.9 Å². The van der Waals surface area contributed by atoms with Gasteiger partial charge in [-0.3, -0.25) is 0 Å². The lowest BCUT2D eigenvalue weighted by Gasteiger charge is -2.30. The minimum absolute atomic E-state index is 0.0288. The maximum Gasteiger partial charge on any atom is 0.314 e. The lowest BCUT2D eigenvalue weighted by atomic mass is 10.0. The molecule has 0 aromatic rings. The summed E-state index contributed by atoms with van der Waals surface area (Å²) in [4.78, 5) is 13.8. The molecule has 1 aliphatic rings. The molecule has 0 aromatic carbocycles. The van der Waals surface area contributed by atoms with Crippen LogP contribution in [-0.4, -0.2) is 43.7 Å². The number of rotatable bonds is 6. The second-order valence-corrected chi connectivity index (χ2v) is 5.08. The first-order valence-corrected chi connectivity index (χ1v) is 6.96. The highest BCUT2D eigenvalue weighted by atomic mass is 16.2. The van der Waals surface area contributed by atoms with Gasteiger partial charge in [-0.25, -0.2) is 4.79 Å². The molecule has 1 aliphatic heterocycles. The monoisotopic (exact) mass is 241 g/mol. The normalized spacial score (nSPS) is 21.2. The summed E-state index contributed by atoms with van der Waals surface area (Å²) in [6.45, 7) is 9.48. The van der Waals surface area contributed by atoms with Gasteiger partial charge in [-0.1, -0.05) is 13.8 Å². The molecule has 0 spiro atoms. The summed E-state index contributed by atoms with van der Waals surface area (Å²) >= 11 is 0. The summed E-state index contributed by atoms with van der Waals surface area (Å²) in [7, 11) is 0. The molecule has 0 saturated carbocycles. The van der Waals surface area contributed by atoms with E-state index in [0.717, 1.165) is 38.4 Å². The molecule has 1 heterocycles. The van der Waals surface area contributed by atoms with Crippen molar-refractivity contribution in [3.63, 3.8) is 0 Å². The van der Waals surface area contributed by atoms with Gasteiger partial charge in [-0.05, 0) is 44.7 Å². The predicted octanol–water partition coefficient (Wildman–Crippen LogP) is 1.82. The van der Waals surface area contributed by atoms with Crippen LogP contribution in [0.2, 0.25) is 0 Å². The first kappa shape index (κ1) is 14.3. The van der Waals surface area contributed by atoms with E-state index >= 15 is 0 Å². The number of amides is 2. The second-order valence-electron chi connectivity index (χ2n) is 5.08. The number of urea groups is 1. The Kier molecular flexibility index (Phi) is 7.01. The van der Waals surface area contributed by atoms with Crippen LogP contribution in [-0.2, 0) is 0 Å². The average Bonchev–Trinajstić information content (AvgIpc) is 2.32. The van der Waals surface area contributed by atoms with Crippen LogP contribution < -0.4 is 10.6 Å². The maximum atomic E-state index is 11.3. The Bertz CT molecular complexity index is 221. The number of likely N-dealkylation sites (tertiary alicyclic amines) is 1. The number of nitrogens with zero attached hydrogens (tertiary/aromatic N) is 1. The van der Waals surface area contributed by atoms with Crippen molar-refractivity contribution < 1.29 is 4.79 Å². The van der Waals surface area contributed by atoms with E-state index in [9.17, 15) is 4.79 Å². The Morgan fingerprint density at radius 2 is 2.12 bits per heavy atom. The molecular formula is C13H27N3O. The van der Waals surface area contributed by atoms with Crippen molar-refractivity contribution in [2.75, 3.05) is 32.7 Å². The summed E-state index contributed by atoms with van der Waals surface area (Å²) in [6, 6.07) is -0.0288. The Labute approximate surface area is 105 Å². The number of carbonyl (C=O) groups excluding carboxylic acids is 1. The third kappa shape index (κ3) is 6.51. The molecule has 0 unspecified atom stereocenters. The minimum atomic E-state index is -0.0288. The van der Waals surface area contributed by atoms with Gasteiger partial charge >= 0.3 is 6.03 Å². The number of carbonyl (C=O) groups is 1. The molecule has 0 aromatic heterocycles. The van der Waals surface area contributed by atoms with Crippen LogP contribution in [0.5, 0.6) is 0 Å². The third-order valence-electron chi connectivity index (χ3n) is 3.21. The molecule has 0 bridgehead atoms. The highest BCUT2D eigenvalue weighted by molar-refractivity contribution is 5.73. The molecule has 17 heavy (non-hydrogen) atoms. The van der Waals surface area contributed by atoms with Crippen LogP contribution >= 0.6 is 0 Å². The molecule has 4 heteroatoms. The van der Waals surface area contributed by atoms with Crippen LogP contribution in [0.15, 0.2) is 0 Å². The number of hydrogen-bond donors (Lipinski definition) is 2. The summed E-state index contributed by atoms with van der Waals surface area (Å²) < 4.78 is 0. The van der Waals surface area contributed by atoms with Crippen molar-refractivity contribution in [1.82, 2.24) is 15.5 Å². The lowest BCUT2D eigenvalue weighted by molar-refractivity contribution is 0.181. The SMILES string of the molecule is CCCNC(=O)NCCCN1CCC[C@@H](C)C1. The molecule has 0 aliphatic carbocycles. The topological polar surface area (TPSA) is 44.4 Å². The van der Waals surface area contributed by atoms with Crippen molar-refractivity contribution in [3.05, 3.63) is 0 Å². The molecule has 2 amide bonds. The van der Waals surface area contributed by atoms with Crippen molar-refractivity contribution in [2.24, 2.45) is 5.92 Å². The Morgan fingerprint density at radius 1 is 1.35 bits per heavy atom. The fourth-order valence-electron chi connectivity index (χ4n) is 2.30. The Morgan fingerprint density at radius 3 is 2.82 bits per heavy atom. The van der Waals surface area contributed by atoms with Crippen LogP contribution in [0.25, 0.3) is 0 Å². The molecule has 100 valence electrons. The number of nitrogens with one attached hydrogen (secondary N) is 2. The van der Waals surface area contributed by atoms with E-state index < -0.39 is 0 Å². The summed E-state index contributed by atoms with van der Waals surface area (Å²) in [5, 5.41) is 5.71. The zero-order valence-corrected chi connectivity index (χ0v) is 11.3. The molecule has 1 saturated heterocycles. The summed E-state index contributed by atoms with van der Waals surface area (Å²) in [5.41, 5.74) is 0. The van der Waals surface area contributed by atoms with Crippen LogP contribution in [0.3, 0.4) is 0 Å². The van der Waals surface area contributed by atoms with E-state index in [-0.39, 0.29) is 6.03 Å². The van der Waals surface area contributed by atoms with E-state index in [1.54, 1.807) is 0 Å². The summed E-state index contributed by atoms with van der Waals surface area (Å²) in [6.07, 6.45) is 4.73. The van der Waals surface area contributed by atoms with Gasteiger partial charge in [0.2, 0.25) is 0 Å². The van der Waals surface area contributed by atoms with Crippen LogP contribution in [0.1, 0.15) is 39.5 Å². The van der Waals surface area contributed by atoms with Gasteiger partial charge < -0.3 is 15.5 Å². The van der Waals surface area contributed by atoms with Gasteiger partial charge in [-0.15, -0.1) is 0 Å². The lowest BCUT2D eigenvalue weighted by Crippen LogP contribution is -2.39. The Hall–Kier alpha value is -0.770. The molecule has 1 atom stereocenters. The van der Waals surface area contributed by atoms with Crippen LogP contribution in [0.4, 0.5) is 4.79 Å². The first-order valence-electron chi connectivity index (χ1n) is 6.96. The van der Waals surface area contributed by atoms with Gasteiger partial charge in [0.15, 0.2) is 0 Å². The largest absolute Gasteiger partial charge is 0.338 e. The van der Waals surface area contributed by atoms with E-state index in [4.69, 9.17) is 0 Å². The maximum absolute atomic E-state index is 11.3. The average molecular weight is 241 g/mol. The second kappa shape index (κ2) is 8.34. The predicted molar refractivity (Wildman–Crippen MR) is 71.1 cm³/mol. The van der Waals surface area contributed by atoms with Crippen LogP contribution in [0, 0.1) is 5.92 Å². The number of hydrogen-bond acceptors (Lipinski definition) is 2. The molecule has 1 rings (SSSR count). The van der Waals surface area contributed by atoms with Gasteiger partial charge in [0.1, 0.15) is 0 Å². The zero-order valence-electron chi connectivity index (χ0n) is 11.3. The molecule has 4 nitrogen and oxygen atoms in total. The standard InChI is InChI=1S/C13H27N3O/c1-3-7-14-13(17)15-8-5-10-16-9-4-6-12(2)11-16/h12H,3-11H2,1-2H3,(H2,14,15,17)/t12-/m1/s1. The van der Waals surface area contributed by atoms with Gasteiger partial charge in [0.05, 0.1) is 0 Å².